The maximum Gasteiger partial charge on any atom is 0.274 e. The molecule has 0 saturated carbocycles. The molecule has 1 aromatic rings. The monoisotopic (exact) mass is 219 g/mol. The van der Waals surface area contributed by atoms with Crippen molar-refractivity contribution >= 4 is 5.91 Å². The third-order valence-electron chi connectivity index (χ3n) is 2.88. The molecule has 2 rings (SSSR count). The van der Waals surface area contributed by atoms with Gasteiger partial charge in [-0.3, -0.25) is 9.78 Å². The first-order valence-corrected chi connectivity index (χ1v) is 5.79. The van der Waals surface area contributed by atoms with E-state index in [-0.39, 0.29) is 5.91 Å². The molecule has 0 unspecified atom stereocenters. The highest BCUT2D eigenvalue weighted by molar-refractivity contribution is 5.92. The van der Waals surface area contributed by atoms with Gasteiger partial charge in [-0.15, -0.1) is 0 Å². The molecule has 0 bridgehead atoms. The van der Waals surface area contributed by atoms with Crippen molar-refractivity contribution in [2.75, 3.05) is 13.1 Å². The Bertz CT molecular complexity index is 366. The van der Waals surface area contributed by atoms with Crippen LogP contribution in [0.15, 0.2) is 12.4 Å². The highest BCUT2D eigenvalue weighted by Crippen LogP contribution is 2.13. The highest BCUT2D eigenvalue weighted by atomic mass is 16.2. The average molecular weight is 219 g/mol. The Morgan fingerprint density at radius 1 is 1.25 bits per heavy atom. The van der Waals surface area contributed by atoms with Crippen molar-refractivity contribution in [2.45, 2.75) is 32.6 Å². The van der Waals surface area contributed by atoms with E-state index in [2.05, 4.69) is 23.8 Å². The molecule has 1 aliphatic rings. The van der Waals surface area contributed by atoms with Crippen LogP contribution in [-0.2, 0) is 0 Å². The number of nitrogens with zero attached hydrogens (tertiary/aromatic N) is 3. The van der Waals surface area contributed by atoms with Crippen molar-refractivity contribution in [1.82, 2.24) is 14.9 Å². The molecule has 4 nitrogen and oxygen atoms in total. The molecular formula is C12H17N3O. The standard InChI is InChI=1S/C12H17N3O/c1-9(2)10-7-14-11(8-13-10)12(16)15-5-3-4-6-15/h7-9H,3-6H2,1-2H3. The Kier molecular flexibility index (Phi) is 3.17. The highest BCUT2D eigenvalue weighted by Gasteiger charge is 2.20. The van der Waals surface area contributed by atoms with Crippen LogP contribution >= 0.6 is 0 Å². The number of carbonyl (C=O) groups is 1. The SMILES string of the molecule is CC(C)c1cnc(C(=O)N2CCCC2)cn1. The predicted molar refractivity (Wildman–Crippen MR) is 61.3 cm³/mol. The predicted octanol–water partition coefficient (Wildman–Crippen LogP) is 1.84. The molecule has 1 amide bonds. The van der Waals surface area contributed by atoms with Gasteiger partial charge in [-0.05, 0) is 18.8 Å². The van der Waals surface area contributed by atoms with Crippen LogP contribution in [0.2, 0.25) is 0 Å². The molecule has 0 aromatic carbocycles. The first-order valence-electron chi connectivity index (χ1n) is 5.79. The zero-order valence-electron chi connectivity index (χ0n) is 9.81. The molecule has 0 spiro atoms. The summed E-state index contributed by atoms with van der Waals surface area (Å²) in [5.41, 5.74) is 1.39. The number of hydrogen-bond donors (Lipinski definition) is 0. The average Bonchev–Trinajstić information content (AvgIpc) is 2.81. The molecule has 86 valence electrons. The first-order chi connectivity index (χ1) is 7.68. The summed E-state index contributed by atoms with van der Waals surface area (Å²) in [7, 11) is 0. The van der Waals surface area contributed by atoms with Gasteiger partial charge in [0.25, 0.3) is 5.91 Å². The molecule has 0 radical (unpaired) electrons. The Balaban J connectivity index is 2.11. The molecule has 4 heteroatoms. The molecule has 0 atom stereocenters. The summed E-state index contributed by atoms with van der Waals surface area (Å²) in [5, 5.41) is 0. The Morgan fingerprint density at radius 2 is 1.94 bits per heavy atom. The molecule has 0 N–H and O–H groups in total. The fourth-order valence-electron chi connectivity index (χ4n) is 1.83. The molecular weight excluding hydrogens is 202 g/mol. The van der Waals surface area contributed by atoms with Gasteiger partial charge in [0.1, 0.15) is 5.69 Å². The molecule has 2 heterocycles. The van der Waals surface area contributed by atoms with E-state index in [0.717, 1.165) is 31.6 Å². The molecule has 1 aliphatic heterocycles. The number of hydrogen-bond acceptors (Lipinski definition) is 3. The Morgan fingerprint density at radius 3 is 2.44 bits per heavy atom. The van der Waals surface area contributed by atoms with Gasteiger partial charge in [-0.25, -0.2) is 4.98 Å². The van der Waals surface area contributed by atoms with Gasteiger partial charge in [0.2, 0.25) is 0 Å². The van der Waals surface area contributed by atoms with Crippen molar-refractivity contribution in [2.24, 2.45) is 0 Å². The van der Waals surface area contributed by atoms with E-state index in [0.29, 0.717) is 11.6 Å². The molecule has 1 aromatic heterocycles. The summed E-state index contributed by atoms with van der Waals surface area (Å²) in [6.07, 6.45) is 5.50. The number of amides is 1. The van der Waals surface area contributed by atoms with E-state index in [1.54, 1.807) is 12.4 Å². The van der Waals surface area contributed by atoms with Crippen molar-refractivity contribution in [3.05, 3.63) is 23.8 Å². The third-order valence-corrected chi connectivity index (χ3v) is 2.88. The fourth-order valence-corrected chi connectivity index (χ4v) is 1.83. The van der Waals surface area contributed by atoms with Gasteiger partial charge in [0.05, 0.1) is 11.9 Å². The Labute approximate surface area is 95.7 Å². The molecule has 0 aliphatic carbocycles. The van der Waals surface area contributed by atoms with Crippen LogP contribution in [-0.4, -0.2) is 33.9 Å². The van der Waals surface area contributed by atoms with Gasteiger partial charge in [-0.1, -0.05) is 13.8 Å². The summed E-state index contributed by atoms with van der Waals surface area (Å²) in [6.45, 7) is 5.83. The normalized spacial score (nSPS) is 15.8. The zero-order chi connectivity index (χ0) is 11.5. The van der Waals surface area contributed by atoms with Crippen LogP contribution in [0.1, 0.15) is 48.8 Å². The number of likely N-dealkylation sites (tertiary alicyclic amines) is 1. The van der Waals surface area contributed by atoms with Gasteiger partial charge in [0.15, 0.2) is 0 Å². The number of rotatable bonds is 2. The first kappa shape index (κ1) is 11.0. The lowest BCUT2D eigenvalue weighted by molar-refractivity contribution is 0.0786. The Hall–Kier alpha value is -1.45. The second kappa shape index (κ2) is 4.60. The van der Waals surface area contributed by atoms with Gasteiger partial charge < -0.3 is 4.90 Å². The van der Waals surface area contributed by atoms with E-state index >= 15 is 0 Å². The summed E-state index contributed by atoms with van der Waals surface area (Å²) >= 11 is 0. The molecule has 1 saturated heterocycles. The fraction of sp³-hybridized carbons (Fsp3) is 0.583. The van der Waals surface area contributed by atoms with E-state index in [1.807, 2.05) is 4.90 Å². The van der Waals surface area contributed by atoms with E-state index in [1.165, 1.54) is 0 Å². The molecule has 1 fully saturated rings. The second-order valence-corrected chi connectivity index (χ2v) is 4.48. The van der Waals surface area contributed by atoms with E-state index in [9.17, 15) is 4.79 Å². The van der Waals surface area contributed by atoms with Crippen molar-refractivity contribution in [3.8, 4) is 0 Å². The summed E-state index contributed by atoms with van der Waals surface area (Å²) in [5.74, 6) is 0.365. The van der Waals surface area contributed by atoms with Crippen molar-refractivity contribution in [1.29, 1.82) is 0 Å². The topological polar surface area (TPSA) is 46.1 Å². The van der Waals surface area contributed by atoms with E-state index < -0.39 is 0 Å². The minimum absolute atomic E-state index is 0.0142. The smallest absolute Gasteiger partial charge is 0.274 e. The zero-order valence-corrected chi connectivity index (χ0v) is 9.81. The van der Waals surface area contributed by atoms with Gasteiger partial charge >= 0.3 is 0 Å². The number of aromatic nitrogens is 2. The maximum atomic E-state index is 12.0. The largest absolute Gasteiger partial charge is 0.337 e. The van der Waals surface area contributed by atoms with Crippen LogP contribution < -0.4 is 0 Å². The molecule has 16 heavy (non-hydrogen) atoms. The van der Waals surface area contributed by atoms with Crippen LogP contribution in [0.4, 0.5) is 0 Å². The summed E-state index contributed by atoms with van der Waals surface area (Å²) < 4.78 is 0. The van der Waals surface area contributed by atoms with Crippen LogP contribution in [0.25, 0.3) is 0 Å². The van der Waals surface area contributed by atoms with Crippen LogP contribution in [0, 0.1) is 0 Å². The minimum Gasteiger partial charge on any atom is -0.337 e. The van der Waals surface area contributed by atoms with Crippen molar-refractivity contribution < 1.29 is 4.79 Å². The van der Waals surface area contributed by atoms with Crippen LogP contribution in [0.5, 0.6) is 0 Å². The van der Waals surface area contributed by atoms with Crippen LogP contribution in [0.3, 0.4) is 0 Å². The second-order valence-electron chi connectivity index (χ2n) is 4.48. The summed E-state index contributed by atoms with van der Waals surface area (Å²) in [6, 6.07) is 0. The van der Waals surface area contributed by atoms with Gasteiger partial charge in [-0.2, -0.15) is 0 Å². The number of carbonyl (C=O) groups excluding carboxylic acids is 1. The minimum atomic E-state index is 0.0142. The lowest BCUT2D eigenvalue weighted by Crippen LogP contribution is -2.28. The maximum absolute atomic E-state index is 12.0. The van der Waals surface area contributed by atoms with Crippen molar-refractivity contribution in [3.63, 3.8) is 0 Å². The van der Waals surface area contributed by atoms with Gasteiger partial charge in [0, 0.05) is 19.3 Å². The third kappa shape index (κ3) is 2.21. The lowest BCUT2D eigenvalue weighted by atomic mass is 10.1. The lowest BCUT2D eigenvalue weighted by Gasteiger charge is -2.14. The van der Waals surface area contributed by atoms with E-state index in [4.69, 9.17) is 0 Å². The summed E-state index contributed by atoms with van der Waals surface area (Å²) in [4.78, 5) is 22.2. The quantitative estimate of drug-likeness (QED) is 0.762.